The normalized spacial score (nSPS) is 21.3. The van der Waals surface area contributed by atoms with Crippen molar-refractivity contribution in [1.29, 1.82) is 0 Å². The minimum absolute atomic E-state index is 0.101. The van der Waals surface area contributed by atoms with Crippen LogP contribution < -0.4 is 5.32 Å². The number of amides is 2. The molecule has 5 nitrogen and oxygen atoms in total. The molecule has 2 saturated heterocycles. The van der Waals surface area contributed by atoms with Gasteiger partial charge >= 0.3 is 0 Å². The molecule has 1 N–H and O–H groups in total. The van der Waals surface area contributed by atoms with E-state index in [4.69, 9.17) is 0 Å². The van der Waals surface area contributed by atoms with Gasteiger partial charge in [0.15, 0.2) is 0 Å². The van der Waals surface area contributed by atoms with Crippen molar-refractivity contribution in [3.63, 3.8) is 0 Å². The molecule has 0 saturated carbocycles. The summed E-state index contributed by atoms with van der Waals surface area (Å²) in [5.41, 5.74) is 0. The average Bonchev–Trinajstić information content (AvgIpc) is 2.76. The van der Waals surface area contributed by atoms with Gasteiger partial charge in [-0.25, -0.2) is 0 Å². The van der Waals surface area contributed by atoms with E-state index in [0.717, 1.165) is 58.3 Å². The molecule has 0 aromatic rings. The Balaban J connectivity index is 1.62. The lowest BCUT2D eigenvalue weighted by Crippen LogP contribution is -2.45. The minimum Gasteiger partial charge on any atom is -0.353 e. The predicted octanol–water partition coefficient (Wildman–Crippen LogP) is 1.72. The van der Waals surface area contributed by atoms with Crippen LogP contribution >= 0.6 is 11.8 Å². The Morgan fingerprint density at radius 2 is 1.96 bits per heavy atom. The first-order valence-electron chi connectivity index (χ1n) is 8.97. The van der Waals surface area contributed by atoms with Crippen molar-refractivity contribution >= 4 is 23.6 Å². The summed E-state index contributed by atoms with van der Waals surface area (Å²) in [4.78, 5) is 28.4. The first-order valence-corrected chi connectivity index (χ1v) is 10.4. The van der Waals surface area contributed by atoms with Crippen LogP contribution in [0.15, 0.2) is 0 Å². The van der Waals surface area contributed by atoms with Gasteiger partial charge in [0.05, 0.1) is 0 Å². The zero-order chi connectivity index (χ0) is 16.5. The lowest BCUT2D eigenvalue weighted by atomic mass is 10.0. The molecule has 2 aliphatic heterocycles. The van der Waals surface area contributed by atoms with Crippen molar-refractivity contribution in [2.45, 2.75) is 51.0 Å². The van der Waals surface area contributed by atoms with E-state index in [0.29, 0.717) is 25.4 Å². The van der Waals surface area contributed by atoms with Crippen LogP contribution in [0.2, 0.25) is 0 Å². The van der Waals surface area contributed by atoms with Crippen molar-refractivity contribution in [1.82, 2.24) is 15.1 Å². The van der Waals surface area contributed by atoms with E-state index in [1.54, 1.807) is 0 Å². The maximum atomic E-state index is 12.1. The van der Waals surface area contributed by atoms with E-state index in [1.165, 1.54) is 5.75 Å². The summed E-state index contributed by atoms with van der Waals surface area (Å²) in [7, 11) is 0. The highest BCUT2D eigenvalue weighted by Gasteiger charge is 2.21. The highest BCUT2D eigenvalue weighted by atomic mass is 32.2. The van der Waals surface area contributed by atoms with Crippen LogP contribution in [0.5, 0.6) is 0 Å². The fourth-order valence-corrected chi connectivity index (χ4v) is 3.77. The van der Waals surface area contributed by atoms with E-state index >= 15 is 0 Å². The van der Waals surface area contributed by atoms with Crippen LogP contribution in [0.25, 0.3) is 0 Å². The molecular formula is C17H31N3O2S. The Hall–Kier alpha value is -0.750. The van der Waals surface area contributed by atoms with Gasteiger partial charge in [0.25, 0.3) is 0 Å². The van der Waals surface area contributed by atoms with Gasteiger partial charge in [-0.2, -0.15) is 11.8 Å². The van der Waals surface area contributed by atoms with Gasteiger partial charge < -0.3 is 15.1 Å². The third-order valence-electron chi connectivity index (χ3n) is 4.84. The molecule has 2 rings (SSSR count). The summed E-state index contributed by atoms with van der Waals surface area (Å²) in [6.07, 6.45) is 8.52. The van der Waals surface area contributed by atoms with Gasteiger partial charge in [0.2, 0.25) is 11.8 Å². The fraction of sp³-hybridized carbons (Fsp3) is 0.882. The predicted molar refractivity (Wildman–Crippen MR) is 95.7 cm³/mol. The molecule has 0 atom stereocenters. The number of nitrogens with one attached hydrogen (secondary N) is 1. The van der Waals surface area contributed by atoms with Gasteiger partial charge in [-0.1, -0.05) is 6.42 Å². The average molecular weight is 342 g/mol. The second-order valence-corrected chi connectivity index (χ2v) is 7.60. The van der Waals surface area contributed by atoms with E-state index in [-0.39, 0.29) is 11.8 Å². The first-order chi connectivity index (χ1) is 11.2. The summed E-state index contributed by atoms with van der Waals surface area (Å²) in [5.74, 6) is 1.50. The van der Waals surface area contributed by atoms with Crippen LogP contribution in [0.1, 0.15) is 44.9 Å². The quantitative estimate of drug-likeness (QED) is 0.766. The second kappa shape index (κ2) is 10.2. The molecule has 0 spiro atoms. The number of hydrogen-bond donors (Lipinski definition) is 1. The molecule has 132 valence electrons. The molecule has 0 aromatic carbocycles. The largest absolute Gasteiger partial charge is 0.353 e. The van der Waals surface area contributed by atoms with Gasteiger partial charge in [-0.05, 0) is 31.9 Å². The number of carbonyl (C=O) groups is 2. The number of rotatable bonds is 7. The van der Waals surface area contributed by atoms with E-state index in [1.807, 2.05) is 16.7 Å². The Kier molecular flexibility index (Phi) is 8.23. The van der Waals surface area contributed by atoms with Crippen molar-refractivity contribution in [3.8, 4) is 0 Å². The Bertz CT molecular complexity index is 384. The fourth-order valence-electron chi connectivity index (χ4n) is 3.33. The molecule has 2 fully saturated rings. The van der Waals surface area contributed by atoms with E-state index < -0.39 is 0 Å². The number of nitrogens with zero attached hydrogens (tertiary/aromatic N) is 2. The summed E-state index contributed by atoms with van der Waals surface area (Å²) in [6, 6.07) is 0.313. The first kappa shape index (κ1) is 18.6. The van der Waals surface area contributed by atoms with Crippen LogP contribution in [0.4, 0.5) is 0 Å². The molecule has 2 amide bonds. The van der Waals surface area contributed by atoms with E-state index in [9.17, 15) is 9.59 Å². The number of hydrogen-bond acceptors (Lipinski definition) is 4. The number of piperidine rings is 1. The van der Waals surface area contributed by atoms with Crippen LogP contribution in [-0.4, -0.2) is 72.4 Å². The standard InChI is InChI=1S/C17H31N3O2S/c1-23-14-13-19-10-6-15(7-11-19)18-16(21)8-12-20-9-4-2-3-5-17(20)22/h15H,2-14H2,1H3,(H,18,21). The van der Waals surface area contributed by atoms with Crippen molar-refractivity contribution in [3.05, 3.63) is 0 Å². The topological polar surface area (TPSA) is 52.7 Å². The van der Waals surface area contributed by atoms with Gasteiger partial charge in [-0.3, -0.25) is 9.59 Å². The van der Waals surface area contributed by atoms with Gasteiger partial charge in [0, 0.05) is 57.4 Å². The lowest BCUT2D eigenvalue weighted by molar-refractivity contribution is -0.131. The highest BCUT2D eigenvalue weighted by molar-refractivity contribution is 7.98. The van der Waals surface area contributed by atoms with Crippen LogP contribution in [-0.2, 0) is 9.59 Å². The Labute approximate surface area is 144 Å². The van der Waals surface area contributed by atoms with Crippen LogP contribution in [0.3, 0.4) is 0 Å². The second-order valence-electron chi connectivity index (χ2n) is 6.62. The molecule has 6 heteroatoms. The monoisotopic (exact) mass is 341 g/mol. The molecule has 0 aliphatic carbocycles. The van der Waals surface area contributed by atoms with Crippen molar-refractivity contribution < 1.29 is 9.59 Å². The minimum atomic E-state index is 0.101. The van der Waals surface area contributed by atoms with E-state index in [2.05, 4.69) is 16.5 Å². The molecule has 23 heavy (non-hydrogen) atoms. The summed E-state index contributed by atoms with van der Waals surface area (Å²) < 4.78 is 0. The van der Waals surface area contributed by atoms with Crippen molar-refractivity contribution in [2.24, 2.45) is 0 Å². The molecule has 0 radical (unpaired) electrons. The van der Waals surface area contributed by atoms with Crippen LogP contribution in [0, 0.1) is 0 Å². The summed E-state index contributed by atoms with van der Waals surface area (Å²) >= 11 is 1.88. The summed E-state index contributed by atoms with van der Waals surface area (Å²) in [6.45, 7) is 4.71. The zero-order valence-electron chi connectivity index (χ0n) is 14.4. The number of carbonyl (C=O) groups excluding carboxylic acids is 2. The maximum absolute atomic E-state index is 12.1. The third kappa shape index (κ3) is 6.71. The molecule has 0 bridgehead atoms. The number of thioether (sulfide) groups is 1. The zero-order valence-corrected chi connectivity index (χ0v) is 15.2. The van der Waals surface area contributed by atoms with Crippen molar-refractivity contribution in [2.75, 3.05) is 44.7 Å². The molecular weight excluding hydrogens is 310 g/mol. The summed E-state index contributed by atoms with van der Waals surface area (Å²) in [5, 5.41) is 3.16. The molecule has 2 heterocycles. The Morgan fingerprint density at radius 1 is 1.17 bits per heavy atom. The molecule has 2 aliphatic rings. The molecule has 0 aromatic heterocycles. The smallest absolute Gasteiger partial charge is 0.222 e. The molecule has 0 unspecified atom stereocenters. The third-order valence-corrected chi connectivity index (χ3v) is 5.44. The van der Waals surface area contributed by atoms with Gasteiger partial charge in [0.1, 0.15) is 0 Å². The lowest BCUT2D eigenvalue weighted by Gasteiger charge is -2.32. The van der Waals surface area contributed by atoms with Gasteiger partial charge in [-0.15, -0.1) is 0 Å². The Morgan fingerprint density at radius 3 is 2.70 bits per heavy atom. The highest BCUT2D eigenvalue weighted by Crippen LogP contribution is 2.13. The SMILES string of the molecule is CSCCN1CCC(NC(=O)CCN2CCCCCC2=O)CC1. The number of likely N-dealkylation sites (tertiary alicyclic amines) is 2. The maximum Gasteiger partial charge on any atom is 0.222 e.